The van der Waals surface area contributed by atoms with Gasteiger partial charge in [-0.1, -0.05) is 12.1 Å². The Labute approximate surface area is 109 Å². The quantitative estimate of drug-likeness (QED) is 0.880. The summed E-state index contributed by atoms with van der Waals surface area (Å²) in [6, 6.07) is 8.28. The van der Waals surface area contributed by atoms with Gasteiger partial charge in [0.2, 0.25) is 10.0 Å². The van der Waals surface area contributed by atoms with E-state index in [-0.39, 0.29) is 0 Å². The van der Waals surface area contributed by atoms with Crippen molar-refractivity contribution in [1.29, 1.82) is 0 Å². The van der Waals surface area contributed by atoms with Crippen LogP contribution in [0.15, 0.2) is 24.3 Å². The third kappa shape index (κ3) is 3.71. The van der Waals surface area contributed by atoms with E-state index in [1.807, 2.05) is 24.3 Å². The predicted molar refractivity (Wildman–Crippen MR) is 74.3 cm³/mol. The van der Waals surface area contributed by atoms with E-state index in [1.54, 1.807) is 0 Å². The van der Waals surface area contributed by atoms with Crippen LogP contribution in [-0.4, -0.2) is 27.3 Å². The molecular weight excluding hydrogens is 248 g/mol. The van der Waals surface area contributed by atoms with Gasteiger partial charge in [-0.25, -0.2) is 8.42 Å². The number of anilines is 1. The number of nitrogens with one attached hydrogen (secondary N) is 2. The van der Waals surface area contributed by atoms with Crippen LogP contribution < -0.4 is 10.0 Å². The van der Waals surface area contributed by atoms with Crippen molar-refractivity contribution in [2.45, 2.75) is 31.7 Å². The molecule has 5 heteroatoms. The summed E-state index contributed by atoms with van der Waals surface area (Å²) in [5.74, 6) is 0.536. The zero-order valence-electron chi connectivity index (χ0n) is 10.8. The van der Waals surface area contributed by atoms with Crippen LogP contribution in [0, 0.1) is 0 Å². The fourth-order valence-corrected chi connectivity index (χ4v) is 2.88. The Kier molecular flexibility index (Phi) is 3.92. The van der Waals surface area contributed by atoms with Gasteiger partial charge in [-0.05, 0) is 43.4 Å². The maximum atomic E-state index is 11.1. The zero-order chi connectivity index (χ0) is 13.2. The van der Waals surface area contributed by atoms with E-state index in [9.17, 15) is 8.42 Å². The summed E-state index contributed by atoms with van der Waals surface area (Å²) in [4.78, 5) is 0. The summed E-state index contributed by atoms with van der Waals surface area (Å²) in [6.45, 7) is 3.20. The van der Waals surface area contributed by atoms with E-state index in [1.165, 1.54) is 18.4 Å². The SMILES string of the molecule is CC1CCC(c2ccc(NS(C)(=O)=O)cc2)CN1. The van der Waals surface area contributed by atoms with Crippen molar-refractivity contribution in [2.75, 3.05) is 17.5 Å². The Hall–Kier alpha value is -1.07. The summed E-state index contributed by atoms with van der Waals surface area (Å²) < 4.78 is 24.7. The molecule has 100 valence electrons. The third-order valence-electron chi connectivity index (χ3n) is 3.35. The Morgan fingerprint density at radius 3 is 2.39 bits per heavy atom. The van der Waals surface area contributed by atoms with Crippen LogP contribution in [0.2, 0.25) is 0 Å². The number of benzene rings is 1. The first-order valence-corrected chi connectivity index (χ1v) is 8.14. The summed E-state index contributed by atoms with van der Waals surface area (Å²) in [7, 11) is -3.18. The molecule has 0 spiro atoms. The average Bonchev–Trinajstić information content (AvgIpc) is 2.29. The van der Waals surface area contributed by atoms with E-state index in [2.05, 4.69) is 17.0 Å². The normalized spacial score (nSPS) is 24.8. The summed E-state index contributed by atoms with van der Waals surface area (Å²) in [6.07, 6.45) is 3.54. The Bertz CT molecular complexity index is 488. The van der Waals surface area contributed by atoms with Gasteiger partial charge in [0.15, 0.2) is 0 Å². The molecule has 2 rings (SSSR count). The molecule has 0 aromatic heterocycles. The summed E-state index contributed by atoms with van der Waals surface area (Å²) in [5, 5.41) is 3.47. The highest BCUT2D eigenvalue weighted by Gasteiger charge is 2.18. The molecule has 2 atom stereocenters. The molecule has 18 heavy (non-hydrogen) atoms. The molecular formula is C13H20N2O2S. The molecule has 1 saturated heterocycles. The smallest absolute Gasteiger partial charge is 0.229 e. The topological polar surface area (TPSA) is 58.2 Å². The molecule has 1 heterocycles. The highest BCUT2D eigenvalue weighted by Crippen LogP contribution is 2.26. The minimum atomic E-state index is -3.18. The Morgan fingerprint density at radius 1 is 1.22 bits per heavy atom. The van der Waals surface area contributed by atoms with E-state index in [4.69, 9.17) is 0 Å². The monoisotopic (exact) mass is 268 g/mol. The van der Waals surface area contributed by atoms with Gasteiger partial charge >= 0.3 is 0 Å². The second kappa shape index (κ2) is 5.28. The van der Waals surface area contributed by atoms with Crippen molar-refractivity contribution >= 4 is 15.7 Å². The van der Waals surface area contributed by atoms with Crippen molar-refractivity contribution in [3.8, 4) is 0 Å². The fourth-order valence-electron chi connectivity index (χ4n) is 2.32. The van der Waals surface area contributed by atoms with E-state index in [0.29, 0.717) is 17.6 Å². The van der Waals surface area contributed by atoms with Crippen LogP contribution in [0.3, 0.4) is 0 Å². The molecule has 0 saturated carbocycles. The van der Waals surface area contributed by atoms with Crippen LogP contribution in [-0.2, 0) is 10.0 Å². The molecule has 2 N–H and O–H groups in total. The minimum Gasteiger partial charge on any atom is -0.314 e. The van der Waals surface area contributed by atoms with Crippen LogP contribution in [0.25, 0.3) is 0 Å². The number of piperidine rings is 1. The standard InChI is InChI=1S/C13H20N2O2S/c1-10-3-4-12(9-14-10)11-5-7-13(8-6-11)15-18(2,16)17/h5-8,10,12,14-15H,3-4,9H2,1-2H3. The van der Waals surface area contributed by atoms with Crippen LogP contribution in [0.5, 0.6) is 0 Å². The number of sulfonamides is 1. The lowest BCUT2D eigenvalue weighted by Crippen LogP contribution is -2.35. The molecule has 0 aliphatic carbocycles. The minimum absolute atomic E-state index is 0.536. The van der Waals surface area contributed by atoms with Crippen molar-refractivity contribution in [2.24, 2.45) is 0 Å². The van der Waals surface area contributed by atoms with Gasteiger partial charge in [-0.3, -0.25) is 4.72 Å². The first-order valence-electron chi connectivity index (χ1n) is 6.25. The molecule has 2 unspecified atom stereocenters. The van der Waals surface area contributed by atoms with Gasteiger partial charge in [0, 0.05) is 18.3 Å². The van der Waals surface area contributed by atoms with Crippen molar-refractivity contribution < 1.29 is 8.42 Å². The highest BCUT2D eigenvalue weighted by atomic mass is 32.2. The fraction of sp³-hybridized carbons (Fsp3) is 0.538. The highest BCUT2D eigenvalue weighted by molar-refractivity contribution is 7.92. The maximum absolute atomic E-state index is 11.1. The van der Waals surface area contributed by atoms with Crippen LogP contribution in [0.4, 0.5) is 5.69 Å². The Morgan fingerprint density at radius 2 is 1.89 bits per heavy atom. The lowest BCUT2D eigenvalue weighted by atomic mass is 9.89. The van der Waals surface area contributed by atoms with Gasteiger partial charge in [-0.2, -0.15) is 0 Å². The molecule has 1 aromatic carbocycles. The Balaban J connectivity index is 2.03. The van der Waals surface area contributed by atoms with Crippen LogP contribution >= 0.6 is 0 Å². The summed E-state index contributed by atoms with van der Waals surface area (Å²) in [5.41, 5.74) is 1.90. The largest absolute Gasteiger partial charge is 0.314 e. The number of rotatable bonds is 3. The van der Waals surface area contributed by atoms with Gasteiger partial charge in [0.05, 0.1) is 6.26 Å². The number of hydrogen-bond donors (Lipinski definition) is 2. The maximum Gasteiger partial charge on any atom is 0.229 e. The van der Waals surface area contributed by atoms with Crippen molar-refractivity contribution in [3.63, 3.8) is 0 Å². The van der Waals surface area contributed by atoms with Crippen LogP contribution in [0.1, 0.15) is 31.2 Å². The molecule has 4 nitrogen and oxygen atoms in total. The second-order valence-electron chi connectivity index (χ2n) is 5.08. The second-order valence-corrected chi connectivity index (χ2v) is 6.83. The van der Waals surface area contributed by atoms with Crippen molar-refractivity contribution in [3.05, 3.63) is 29.8 Å². The van der Waals surface area contributed by atoms with E-state index < -0.39 is 10.0 Å². The van der Waals surface area contributed by atoms with Gasteiger partial charge < -0.3 is 5.32 Å². The molecule has 1 fully saturated rings. The predicted octanol–water partition coefficient (Wildman–Crippen LogP) is 1.91. The van der Waals surface area contributed by atoms with E-state index >= 15 is 0 Å². The first kappa shape index (κ1) is 13.4. The molecule has 1 aliphatic rings. The molecule has 0 amide bonds. The number of hydrogen-bond acceptors (Lipinski definition) is 3. The third-order valence-corrected chi connectivity index (χ3v) is 3.95. The zero-order valence-corrected chi connectivity index (χ0v) is 11.6. The molecule has 0 radical (unpaired) electrons. The van der Waals surface area contributed by atoms with Gasteiger partial charge in [-0.15, -0.1) is 0 Å². The lowest BCUT2D eigenvalue weighted by molar-refractivity contribution is 0.385. The van der Waals surface area contributed by atoms with Gasteiger partial charge in [0.1, 0.15) is 0 Å². The van der Waals surface area contributed by atoms with Crippen molar-refractivity contribution in [1.82, 2.24) is 5.32 Å². The van der Waals surface area contributed by atoms with Gasteiger partial charge in [0.25, 0.3) is 0 Å². The average molecular weight is 268 g/mol. The first-order chi connectivity index (χ1) is 8.44. The molecule has 1 aliphatic heterocycles. The molecule has 0 bridgehead atoms. The van der Waals surface area contributed by atoms with E-state index in [0.717, 1.165) is 12.8 Å². The summed E-state index contributed by atoms with van der Waals surface area (Å²) >= 11 is 0. The lowest BCUT2D eigenvalue weighted by Gasteiger charge is -2.28. The molecule has 1 aromatic rings.